The van der Waals surface area contributed by atoms with Crippen LogP contribution in [-0.4, -0.2) is 35.5 Å². The Morgan fingerprint density at radius 2 is 1.74 bits per heavy atom. The Balaban J connectivity index is 2.69. The highest BCUT2D eigenvalue weighted by atomic mass is 16.4. The molecule has 0 heterocycles. The van der Waals surface area contributed by atoms with Gasteiger partial charge in [-0.1, -0.05) is 12.1 Å². The first-order valence-electron chi connectivity index (χ1n) is 5.81. The Morgan fingerprint density at radius 3 is 2.26 bits per heavy atom. The van der Waals surface area contributed by atoms with Crippen molar-refractivity contribution in [2.75, 3.05) is 6.54 Å². The number of carboxylic acid groups (broad SMARTS) is 1. The summed E-state index contributed by atoms with van der Waals surface area (Å²) in [4.78, 5) is 34.1. The average Bonchev–Trinajstić information content (AvgIpc) is 2.35. The SMILES string of the molecule is CC(C)NC(=O)CNC(=O)c1ccccc1C(=O)O. The fourth-order valence-electron chi connectivity index (χ4n) is 1.50. The van der Waals surface area contributed by atoms with Crippen LogP contribution in [0.25, 0.3) is 0 Å². The molecule has 0 unspecified atom stereocenters. The molecule has 0 aliphatic rings. The minimum atomic E-state index is -1.18. The molecule has 0 atom stereocenters. The van der Waals surface area contributed by atoms with Gasteiger partial charge in [0.2, 0.25) is 5.91 Å². The zero-order valence-electron chi connectivity index (χ0n) is 10.8. The Hall–Kier alpha value is -2.37. The predicted molar refractivity (Wildman–Crippen MR) is 69.0 cm³/mol. The van der Waals surface area contributed by atoms with E-state index in [0.29, 0.717) is 0 Å². The summed E-state index contributed by atoms with van der Waals surface area (Å²) in [5, 5.41) is 14.0. The normalized spacial score (nSPS) is 10.1. The number of hydrogen-bond donors (Lipinski definition) is 3. The van der Waals surface area contributed by atoms with E-state index in [0.717, 1.165) is 0 Å². The van der Waals surface area contributed by atoms with Crippen molar-refractivity contribution in [2.45, 2.75) is 19.9 Å². The van der Waals surface area contributed by atoms with E-state index in [1.54, 1.807) is 19.9 Å². The maximum atomic E-state index is 11.8. The summed E-state index contributed by atoms with van der Waals surface area (Å²) in [6.07, 6.45) is 0. The van der Waals surface area contributed by atoms with Crippen LogP contribution >= 0.6 is 0 Å². The van der Waals surface area contributed by atoms with Crippen LogP contribution in [-0.2, 0) is 4.79 Å². The summed E-state index contributed by atoms with van der Waals surface area (Å²) in [6.45, 7) is 3.42. The number of hydrogen-bond acceptors (Lipinski definition) is 3. The summed E-state index contributed by atoms with van der Waals surface area (Å²) >= 11 is 0. The van der Waals surface area contributed by atoms with Gasteiger partial charge >= 0.3 is 5.97 Å². The van der Waals surface area contributed by atoms with Gasteiger partial charge in [0.1, 0.15) is 0 Å². The number of rotatable bonds is 5. The lowest BCUT2D eigenvalue weighted by atomic mass is 10.1. The molecular weight excluding hydrogens is 248 g/mol. The largest absolute Gasteiger partial charge is 0.478 e. The Bertz CT molecular complexity index is 497. The predicted octanol–water partition coefficient (Wildman–Crippen LogP) is 0.639. The van der Waals surface area contributed by atoms with Crippen LogP contribution in [0.5, 0.6) is 0 Å². The molecule has 1 aromatic carbocycles. The highest BCUT2D eigenvalue weighted by Crippen LogP contribution is 2.08. The zero-order valence-corrected chi connectivity index (χ0v) is 10.8. The molecule has 6 heteroatoms. The Morgan fingerprint density at radius 1 is 1.16 bits per heavy atom. The second-order valence-corrected chi connectivity index (χ2v) is 4.26. The number of benzene rings is 1. The van der Waals surface area contributed by atoms with Crippen molar-refractivity contribution in [1.29, 1.82) is 0 Å². The lowest BCUT2D eigenvalue weighted by Crippen LogP contribution is -2.40. The molecule has 0 radical (unpaired) electrons. The van der Waals surface area contributed by atoms with Gasteiger partial charge in [0, 0.05) is 6.04 Å². The molecule has 0 bridgehead atoms. The maximum absolute atomic E-state index is 11.8. The van der Waals surface area contributed by atoms with Crippen LogP contribution in [0.15, 0.2) is 24.3 Å². The van der Waals surface area contributed by atoms with Gasteiger partial charge in [-0.05, 0) is 26.0 Å². The highest BCUT2D eigenvalue weighted by molar-refractivity contribution is 6.05. The number of carbonyl (C=O) groups is 3. The van der Waals surface area contributed by atoms with Gasteiger partial charge in [-0.3, -0.25) is 9.59 Å². The van der Waals surface area contributed by atoms with Crippen LogP contribution in [0.2, 0.25) is 0 Å². The van der Waals surface area contributed by atoms with Gasteiger partial charge in [-0.25, -0.2) is 4.79 Å². The van der Waals surface area contributed by atoms with Crippen molar-refractivity contribution in [2.24, 2.45) is 0 Å². The van der Waals surface area contributed by atoms with Gasteiger partial charge in [0.15, 0.2) is 0 Å². The summed E-state index contributed by atoms with van der Waals surface area (Å²) in [5.41, 5.74) is -0.0587. The van der Waals surface area contributed by atoms with Crippen molar-refractivity contribution < 1.29 is 19.5 Å². The smallest absolute Gasteiger partial charge is 0.336 e. The minimum absolute atomic E-state index is 0.0179. The number of carboxylic acids is 1. The van der Waals surface area contributed by atoms with Gasteiger partial charge in [0.05, 0.1) is 17.7 Å². The first-order valence-corrected chi connectivity index (χ1v) is 5.81. The van der Waals surface area contributed by atoms with E-state index in [-0.39, 0.29) is 29.6 Å². The zero-order chi connectivity index (χ0) is 14.4. The number of carbonyl (C=O) groups excluding carboxylic acids is 2. The van der Waals surface area contributed by atoms with Crippen molar-refractivity contribution in [3.05, 3.63) is 35.4 Å². The molecule has 2 amide bonds. The fourth-order valence-corrected chi connectivity index (χ4v) is 1.50. The molecule has 0 aliphatic carbocycles. The lowest BCUT2D eigenvalue weighted by Gasteiger charge is -2.10. The Kier molecular flexibility index (Phi) is 5.05. The molecule has 102 valence electrons. The van der Waals surface area contributed by atoms with Gasteiger partial charge in [-0.15, -0.1) is 0 Å². The molecule has 0 aromatic heterocycles. The minimum Gasteiger partial charge on any atom is -0.478 e. The monoisotopic (exact) mass is 264 g/mol. The highest BCUT2D eigenvalue weighted by Gasteiger charge is 2.16. The third-order valence-corrected chi connectivity index (χ3v) is 2.26. The first kappa shape index (κ1) is 14.7. The van der Waals surface area contributed by atoms with E-state index in [4.69, 9.17) is 5.11 Å². The van der Waals surface area contributed by atoms with E-state index in [2.05, 4.69) is 10.6 Å². The molecular formula is C13H16N2O4. The van der Waals surface area contributed by atoms with E-state index >= 15 is 0 Å². The molecule has 1 rings (SSSR count). The van der Waals surface area contributed by atoms with Crippen LogP contribution in [0.3, 0.4) is 0 Å². The van der Waals surface area contributed by atoms with Crippen LogP contribution in [0.1, 0.15) is 34.6 Å². The van der Waals surface area contributed by atoms with Crippen LogP contribution in [0.4, 0.5) is 0 Å². The van der Waals surface area contributed by atoms with E-state index in [1.165, 1.54) is 18.2 Å². The average molecular weight is 264 g/mol. The standard InChI is InChI=1S/C13H16N2O4/c1-8(2)15-11(16)7-14-12(17)9-5-3-4-6-10(9)13(18)19/h3-6,8H,7H2,1-2H3,(H,14,17)(H,15,16)(H,18,19). The van der Waals surface area contributed by atoms with Crippen LogP contribution in [0, 0.1) is 0 Å². The van der Waals surface area contributed by atoms with Crippen LogP contribution < -0.4 is 10.6 Å². The van der Waals surface area contributed by atoms with Crippen molar-refractivity contribution >= 4 is 17.8 Å². The van der Waals surface area contributed by atoms with Gasteiger partial charge < -0.3 is 15.7 Å². The summed E-state index contributed by atoms with van der Waals surface area (Å²) < 4.78 is 0. The third kappa shape index (κ3) is 4.42. The van der Waals surface area contributed by atoms with Crippen molar-refractivity contribution in [3.63, 3.8) is 0 Å². The summed E-state index contributed by atoms with van der Waals surface area (Å²) in [7, 11) is 0. The van der Waals surface area contributed by atoms with Crippen molar-refractivity contribution in [3.8, 4) is 0 Å². The number of amides is 2. The van der Waals surface area contributed by atoms with Gasteiger partial charge in [-0.2, -0.15) is 0 Å². The van der Waals surface area contributed by atoms with Gasteiger partial charge in [0.25, 0.3) is 5.91 Å². The summed E-state index contributed by atoms with van der Waals surface area (Å²) in [5.74, 6) is -2.09. The topological polar surface area (TPSA) is 95.5 Å². The molecule has 3 N–H and O–H groups in total. The maximum Gasteiger partial charge on any atom is 0.336 e. The molecule has 0 saturated heterocycles. The molecule has 0 spiro atoms. The molecule has 19 heavy (non-hydrogen) atoms. The summed E-state index contributed by atoms with van der Waals surface area (Å²) in [6, 6.07) is 5.82. The second kappa shape index (κ2) is 6.53. The lowest BCUT2D eigenvalue weighted by molar-refractivity contribution is -0.120. The first-order chi connectivity index (χ1) is 8.91. The third-order valence-electron chi connectivity index (χ3n) is 2.26. The quantitative estimate of drug-likeness (QED) is 0.727. The second-order valence-electron chi connectivity index (χ2n) is 4.26. The fraction of sp³-hybridized carbons (Fsp3) is 0.308. The number of nitrogens with one attached hydrogen (secondary N) is 2. The molecule has 1 aromatic rings. The Labute approximate surface area is 110 Å². The van der Waals surface area contributed by atoms with E-state index in [9.17, 15) is 14.4 Å². The molecule has 0 aliphatic heterocycles. The van der Waals surface area contributed by atoms with E-state index < -0.39 is 11.9 Å². The molecule has 6 nitrogen and oxygen atoms in total. The molecule has 0 fully saturated rings. The number of aromatic carboxylic acids is 1. The molecule has 0 saturated carbocycles. The van der Waals surface area contributed by atoms with E-state index in [1.807, 2.05) is 0 Å². The van der Waals surface area contributed by atoms with Crippen molar-refractivity contribution in [1.82, 2.24) is 10.6 Å².